The molecule has 1 aliphatic rings. The van der Waals surface area contributed by atoms with Gasteiger partial charge in [-0.05, 0) is 0 Å². The molecule has 3 rings (SSSR count). The first-order valence-corrected chi connectivity index (χ1v) is 8.37. The molecule has 0 atom stereocenters. The largest absolute Gasteiger partial charge is 0.383 e. The number of carbonyl (C=O) groups is 1. The van der Waals surface area contributed by atoms with Crippen molar-refractivity contribution in [1.82, 2.24) is 14.9 Å². The Labute approximate surface area is 147 Å². The molecule has 0 unspecified atom stereocenters. The topological polar surface area (TPSA) is 84.6 Å². The molecule has 0 radical (unpaired) electrons. The molecule has 1 amide bonds. The molecular formula is C18H23N5O2. The Morgan fingerprint density at radius 3 is 2.56 bits per heavy atom. The SMILES string of the molecule is COCCN1CCN(c2nc(-c3ccccc3)ncc2C(N)=O)CC1. The number of nitrogens with zero attached hydrogens (tertiary/aromatic N) is 4. The van der Waals surface area contributed by atoms with Crippen LogP contribution >= 0.6 is 0 Å². The number of nitrogens with two attached hydrogens (primary N) is 1. The first-order valence-electron chi connectivity index (χ1n) is 8.37. The Hall–Kier alpha value is -2.51. The number of carbonyl (C=O) groups excluding carboxylic acids is 1. The first-order chi connectivity index (χ1) is 12.2. The van der Waals surface area contributed by atoms with Gasteiger partial charge in [0.15, 0.2) is 5.82 Å². The molecular weight excluding hydrogens is 318 g/mol. The molecule has 132 valence electrons. The lowest BCUT2D eigenvalue weighted by molar-refractivity contribution is 0.1000. The maximum Gasteiger partial charge on any atom is 0.254 e. The maximum absolute atomic E-state index is 11.8. The number of benzene rings is 1. The van der Waals surface area contributed by atoms with Crippen molar-refractivity contribution < 1.29 is 9.53 Å². The number of anilines is 1. The minimum atomic E-state index is -0.503. The average Bonchev–Trinajstić information content (AvgIpc) is 2.67. The fourth-order valence-corrected chi connectivity index (χ4v) is 2.92. The molecule has 7 heteroatoms. The predicted molar refractivity (Wildman–Crippen MR) is 96.5 cm³/mol. The zero-order chi connectivity index (χ0) is 17.6. The lowest BCUT2D eigenvalue weighted by atomic mass is 10.2. The summed E-state index contributed by atoms with van der Waals surface area (Å²) in [4.78, 5) is 25.2. The van der Waals surface area contributed by atoms with Crippen LogP contribution in [0.2, 0.25) is 0 Å². The molecule has 0 spiro atoms. The lowest BCUT2D eigenvalue weighted by Gasteiger charge is -2.35. The van der Waals surface area contributed by atoms with E-state index in [1.807, 2.05) is 30.3 Å². The van der Waals surface area contributed by atoms with E-state index >= 15 is 0 Å². The van der Waals surface area contributed by atoms with Crippen molar-refractivity contribution in [3.8, 4) is 11.4 Å². The third kappa shape index (κ3) is 4.12. The van der Waals surface area contributed by atoms with Gasteiger partial charge < -0.3 is 15.4 Å². The second kappa shape index (κ2) is 8.04. The Kier molecular flexibility index (Phi) is 5.57. The minimum Gasteiger partial charge on any atom is -0.383 e. The summed E-state index contributed by atoms with van der Waals surface area (Å²) in [5.74, 6) is 0.714. The van der Waals surface area contributed by atoms with Crippen LogP contribution in [-0.2, 0) is 4.74 Å². The monoisotopic (exact) mass is 341 g/mol. The van der Waals surface area contributed by atoms with Crippen molar-refractivity contribution in [1.29, 1.82) is 0 Å². The highest BCUT2D eigenvalue weighted by atomic mass is 16.5. The highest BCUT2D eigenvalue weighted by Crippen LogP contribution is 2.23. The number of aromatic nitrogens is 2. The lowest BCUT2D eigenvalue weighted by Crippen LogP contribution is -2.48. The number of rotatable bonds is 6. The molecule has 2 heterocycles. The third-order valence-corrected chi connectivity index (χ3v) is 4.35. The van der Waals surface area contributed by atoms with Crippen LogP contribution in [0.4, 0.5) is 5.82 Å². The van der Waals surface area contributed by atoms with E-state index in [1.165, 1.54) is 6.20 Å². The van der Waals surface area contributed by atoms with E-state index in [0.29, 0.717) is 17.2 Å². The molecule has 0 saturated carbocycles. The maximum atomic E-state index is 11.8. The summed E-state index contributed by atoms with van der Waals surface area (Å²) in [6.45, 7) is 4.99. The van der Waals surface area contributed by atoms with E-state index < -0.39 is 5.91 Å². The van der Waals surface area contributed by atoms with Crippen LogP contribution in [-0.4, -0.2) is 67.2 Å². The molecule has 0 bridgehead atoms. The van der Waals surface area contributed by atoms with E-state index in [1.54, 1.807) is 7.11 Å². The summed E-state index contributed by atoms with van der Waals surface area (Å²) < 4.78 is 5.13. The fraction of sp³-hybridized carbons (Fsp3) is 0.389. The minimum absolute atomic E-state index is 0.366. The number of methoxy groups -OCH3 is 1. The number of hydrogen-bond donors (Lipinski definition) is 1. The van der Waals surface area contributed by atoms with Crippen LogP contribution in [0.1, 0.15) is 10.4 Å². The van der Waals surface area contributed by atoms with E-state index in [0.717, 1.165) is 44.9 Å². The van der Waals surface area contributed by atoms with Crippen LogP contribution in [0.25, 0.3) is 11.4 Å². The van der Waals surface area contributed by atoms with Crippen molar-refractivity contribution in [2.75, 3.05) is 51.3 Å². The molecule has 2 N–H and O–H groups in total. The third-order valence-electron chi connectivity index (χ3n) is 4.35. The Morgan fingerprint density at radius 1 is 1.20 bits per heavy atom. The summed E-state index contributed by atoms with van der Waals surface area (Å²) in [6, 6.07) is 9.72. The van der Waals surface area contributed by atoms with E-state index in [9.17, 15) is 4.79 Å². The Bertz CT molecular complexity index is 715. The van der Waals surface area contributed by atoms with Crippen molar-refractivity contribution in [2.45, 2.75) is 0 Å². The molecule has 1 aromatic heterocycles. The Morgan fingerprint density at radius 2 is 1.92 bits per heavy atom. The summed E-state index contributed by atoms with van der Waals surface area (Å²) in [6.07, 6.45) is 1.53. The van der Waals surface area contributed by atoms with Crippen LogP contribution in [0.5, 0.6) is 0 Å². The number of amides is 1. The molecule has 2 aromatic rings. The van der Waals surface area contributed by atoms with Gasteiger partial charge >= 0.3 is 0 Å². The fourth-order valence-electron chi connectivity index (χ4n) is 2.92. The Balaban J connectivity index is 1.83. The summed E-state index contributed by atoms with van der Waals surface area (Å²) in [5, 5.41) is 0. The van der Waals surface area contributed by atoms with Crippen molar-refractivity contribution in [2.24, 2.45) is 5.73 Å². The normalized spacial score (nSPS) is 15.3. The molecule has 1 aromatic carbocycles. The first kappa shape index (κ1) is 17.3. The average molecular weight is 341 g/mol. The zero-order valence-corrected chi connectivity index (χ0v) is 14.4. The molecule has 25 heavy (non-hydrogen) atoms. The van der Waals surface area contributed by atoms with Gasteiger partial charge in [0.2, 0.25) is 0 Å². The number of primary amides is 1. The van der Waals surface area contributed by atoms with E-state index in [4.69, 9.17) is 10.5 Å². The van der Waals surface area contributed by atoms with Gasteiger partial charge in [0.25, 0.3) is 5.91 Å². The van der Waals surface area contributed by atoms with Crippen LogP contribution in [0.3, 0.4) is 0 Å². The van der Waals surface area contributed by atoms with E-state index in [-0.39, 0.29) is 0 Å². The molecule has 1 saturated heterocycles. The van der Waals surface area contributed by atoms with Crippen LogP contribution < -0.4 is 10.6 Å². The van der Waals surface area contributed by atoms with Gasteiger partial charge in [0.1, 0.15) is 11.4 Å². The zero-order valence-electron chi connectivity index (χ0n) is 14.4. The van der Waals surface area contributed by atoms with E-state index in [2.05, 4.69) is 19.8 Å². The highest BCUT2D eigenvalue weighted by molar-refractivity contribution is 5.97. The van der Waals surface area contributed by atoms with Gasteiger partial charge in [-0.1, -0.05) is 30.3 Å². The van der Waals surface area contributed by atoms with Crippen LogP contribution in [0.15, 0.2) is 36.5 Å². The van der Waals surface area contributed by atoms with Gasteiger partial charge in [0, 0.05) is 51.6 Å². The smallest absolute Gasteiger partial charge is 0.254 e. The van der Waals surface area contributed by atoms with Gasteiger partial charge in [-0.2, -0.15) is 0 Å². The molecule has 7 nitrogen and oxygen atoms in total. The van der Waals surface area contributed by atoms with Gasteiger partial charge in [-0.25, -0.2) is 9.97 Å². The predicted octanol–water partition coefficient (Wildman–Crippen LogP) is 1.01. The quantitative estimate of drug-likeness (QED) is 0.844. The summed E-state index contributed by atoms with van der Waals surface area (Å²) >= 11 is 0. The number of hydrogen-bond acceptors (Lipinski definition) is 6. The molecule has 0 aliphatic carbocycles. The van der Waals surface area contributed by atoms with Crippen molar-refractivity contribution in [3.05, 3.63) is 42.1 Å². The van der Waals surface area contributed by atoms with Gasteiger partial charge in [-0.15, -0.1) is 0 Å². The highest BCUT2D eigenvalue weighted by Gasteiger charge is 2.23. The van der Waals surface area contributed by atoms with Crippen molar-refractivity contribution in [3.63, 3.8) is 0 Å². The van der Waals surface area contributed by atoms with Gasteiger partial charge in [0.05, 0.1) is 6.61 Å². The summed E-state index contributed by atoms with van der Waals surface area (Å²) in [7, 11) is 1.71. The molecule has 1 fully saturated rings. The van der Waals surface area contributed by atoms with Crippen molar-refractivity contribution >= 4 is 11.7 Å². The van der Waals surface area contributed by atoms with Crippen LogP contribution in [0, 0.1) is 0 Å². The second-order valence-corrected chi connectivity index (χ2v) is 5.98. The summed E-state index contributed by atoms with van der Waals surface area (Å²) in [5.41, 5.74) is 6.81. The molecule has 1 aliphatic heterocycles. The number of piperazine rings is 1. The number of ether oxygens (including phenoxy) is 1. The second-order valence-electron chi connectivity index (χ2n) is 5.98. The van der Waals surface area contributed by atoms with Gasteiger partial charge in [-0.3, -0.25) is 9.69 Å². The standard InChI is InChI=1S/C18H23N5O2/c1-25-12-11-22-7-9-23(10-8-22)18-15(16(19)24)13-20-17(21-18)14-5-3-2-4-6-14/h2-6,13H,7-12H2,1H3,(H2,19,24).